The first-order chi connectivity index (χ1) is 11.7. The summed E-state index contributed by atoms with van der Waals surface area (Å²) in [7, 11) is -1.59. The summed E-state index contributed by atoms with van der Waals surface area (Å²) in [6.07, 6.45) is 7.02. The van der Waals surface area contributed by atoms with E-state index in [4.69, 9.17) is 0 Å². The van der Waals surface area contributed by atoms with E-state index in [1.54, 1.807) is 37.9 Å². The highest BCUT2D eigenvalue weighted by atomic mass is 32.2. The minimum Gasteiger partial charge on any atom is -0.328 e. The number of rotatable bonds is 7. The first-order valence-corrected chi connectivity index (χ1v) is 9.75. The number of imidazole rings is 1. The van der Waals surface area contributed by atoms with Crippen LogP contribution in [0.2, 0.25) is 0 Å². The Kier molecular flexibility index (Phi) is 5.89. The molecular weight excluding hydrogens is 338 g/mol. The van der Waals surface area contributed by atoms with Crippen molar-refractivity contribution in [1.82, 2.24) is 14.5 Å². The van der Waals surface area contributed by atoms with Gasteiger partial charge in [0, 0.05) is 25.9 Å². The Balaban J connectivity index is 2.14. The largest absolute Gasteiger partial charge is 0.328 e. The van der Waals surface area contributed by atoms with Gasteiger partial charge in [-0.05, 0) is 32.4 Å². The van der Waals surface area contributed by atoms with Crippen LogP contribution in [0.3, 0.4) is 0 Å². The molecule has 0 unspecified atom stereocenters. The molecule has 2 aromatic rings. The van der Waals surface area contributed by atoms with Gasteiger partial charge in [-0.25, -0.2) is 13.4 Å². The van der Waals surface area contributed by atoms with E-state index in [0.717, 1.165) is 11.1 Å². The Morgan fingerprint density at radius 2 is 2.04 bits per heavy atom. The molecule has 134 valence electrons. The molecule has 0 amide bonds. The van der Waals surface area contributed by atoms with Crippen LogP contribution in [0.4, 0.5) is 0 Å². The van der Waals surface area contributed by atoms with Gasteiger partial charge in [0.05, 0.1) is 11.4 Å². The van der Waals surface area contributed by atoms with Gasteiger partial charge in [0.25, 0.3) is 0 Å². The van der Waals surface area contributed by atoms with Crippen molar-refractivity contribution in [2.75, 3.05) is 0 Å². The van der Waals surface area contributed by atoms with Gasteiger partial charge in [-0.3, -0.25) is 9.78 Å². The number of carbonyl (C=O) groups excluding carboxylic acids is 1. The molecule has 2 rings (SSSR count). The standard InChI is InChI=1S/C18H23N3O3S/c1-13(2)25(23,24)12-18-20-11-16(21(18)4)17(22)9-14(3)8-15-6-5-7-19-10-15/h5-8,10-11,13H,9,12H2,1-4H3/b14-8+. The summed E-state index contributed by atoms with van der Waals surface area (Å²) in [6.45, 7) is 5.15. The molecule has 7 heteroatoms. The molecule has 0 fully saturated rings. The van der Waals surface area contributed by atoms with Crippen LogP contribution in [-0.2, 0) is 22.6 Å². The highest BCUT2D eigenvalue weighted by Gasteiger charge is 2.22. The van der Waals surface area contributed by atoms with Crippen molar-refractivity contribution < 1.29 is 13.2 Å². The summed E-state index contributed by atoms with van der Waals surface area (Å²) in [6, 6.07) is 3.75. The van der Waals surface area contributed by atoms with Gasteiger partial charge in [0.1, 0.15) is 17.3 Å². The van der Waals surface area contributed by atoms with Gasteiger partial charge in [-0.1, -0.05) is 17.7 Å². The maximum absolute atomic E-state index is 12.5. The maximum Gasteiger partial charge on any atom is 0.184 e. The zero-order valence-corrected chi connectivity index (χ0v) is 15.7. The van der Waals surface area contributed by atoms with Gasteiger partial charge in [0.2, 0.25) is 0 Å². The second kappa shape index (κ2) is 7.74. The smallest absolute Gasteiger partial charge is 0.184 e. The van der Waals surface area contributed by atoms with Crippen LogP contribution in [0.25, 0.3) is 6.08 Å². The number of sulfone groups is 1. The summed E-state index contributed by atoms with van der Waals surface area (Å²) < 4.78 is 25.7. The maximum atomic E-state index is 12.5. The molecule has 0 atom stereocenters. The van der Waals surface area contributed by atoms with Crippen LogP contribution in [-0.4, -0.2) is 34.0 Å². The lowest BCUT2D eigenvalue weighted by Gasteiger charge is -2.09. The first kappa shape index (κ1) is 19.1. The van der Waals surface area contributed by atoms with E-state index in [1.165, 1.54) is 6.20 Å². The van der Waals surface area contributed by atoms with Crippen LogP contribution in [0.5, 0.6) is 0 Å². The number of hydrogen-bond acceptors (Lipinski definition) is 5. The van der Waals surface area contributed by atoms with Crippen LogP contribution in [0.1, 0.15) is 49.1 Å². The third-order valence-electron chi connectivity index (χ3n) is 3.96. The van der Waals surface area contributed by atoms with Crippen molar-refractivity contribution >= 4 is 21.7 Å². The lowest BCUT2D eigenvalue weighted by Crippen LogP contribution is -2.19. The Morgan fingerprint density at radius 1 is 1.32 bits per heavy atom. The van der Waals surface area contributed by atoms with Gasteiger partial charge >= 0.3 is 0 Å². The summed E-state index contributed by atoms with van der Waals surface area (Å²) in [5, 5.41) is -0.479. The number of carbonyl (C=O) groups is 1. The second-order valence-electron chi connectivity index (χ2n) is 6.35. The van der Waals surface area contributed by atoms with Crippen molar-refractivity contribution in [2.24, 2.45) is 7.05 Å². The van der Waals surface area contributed by atoms with Gasteiger partial charge in [-0.15, -0.1) is 0 Å². The molecule has 0 saturated carbocycles. The number of nitrogens with zero attached hydrogens (tertiary/aromatic N) is 3. The molecule has 0 N–H and O–H groups in total. The topological polar surface area (TPSA) is 81.9 Å². The minimum atomic E-state index is -3.26. The normalized spacial score (nSPS) is 12.6. The van der Waals surface area contributed by atoms with E-state index in [2.05, 4.69) is 9.97 Å². The van der Waals surface area contributed by atoms with Crippen LogP contribution < -0.4 is 0 Å². The third-order valence-corrected chi connectivity index (χ3v) is 6.05. The molecule has 2 heterocycles. The molecule has 0 aliphatic heterocycles. The highest BCUT2D eigenvalue weighted by molar-refractivity contribution is 7.91. The summed E-state index contributed by atoms with van der Waals surface area (Å²) in [5.41, 5.74) is 2.24. The van der Waals surface area contributed by atoms with E-state index in [0.29, 0.717) is 11.5 Å². The average Bonchev–Trinajstić information content (AvgIpc) is 2.88. The van der Waals surface area contributed by atoms with Gasteiger partial charge < -0.3 is 4.57 Å². The average molecular weight is 361 g/mol. The zero-order valence-electron chi connectivity index (χ0n) is 14.9. The Bertz CT molecular complexity index is 882. The van der Waals surface area contributed by atoms with Crippen LogP contribution in [0, 0.1) is 0 Å². The lowest BCUT2D eigenvalue weighted by molar-refractivity contribution is 0.0985. The molecule has 0 radical (unpaired) electrons. The number of allylic oxidation sites excluding steroid dienone is 1. The van der Waals surface area contributed by atoms with Crippen molar-refractivity contribution in [1.29, 1.82) is 0 Å². The predicted molar refractivity (Wildman–Crippen MR) is 97.8 cm³/mol. The van der Waals surface area contributed by atoms with Crippen molar-refractivity contribution in [3.63, 3.8) is 0 Å². The Morgan fingerprint density at radius 3 is 2.64 bits per heavy atom. The van der Waals surface area contributed by atoms with E-state index in [-0.39, 0.29) is 18.0 Å². The van der Waals surface area contributed by atoms with E-state index in [9.17, 15) is 13.2 Å². The first-order valence-electron chi connectivity index (χ1n) is 8.03. The van der Waals surface area contributed by atoms with Crippen molar-refractivity contribution in [3.05, 3.63) is 53.4 Å². The molecule has 0 aliphatic carbocycles. The molecule has 2 aromatic heterocycles. The molecule has 25 heavy (non-hydrogen) atoms. The molecule has 6 nitrogen and oxygen atoms in total. The summed E-state index contributed by atoms with van der Waals surface area (Å²) >= 11 is 0. The van der Waals surface area contributed by atoms with Crippen molar-refractivity contribution in [2.45, 2.75) is 38.2 Å². The molecule has 0 aliphatic rings. The summed E-state index contributed by atoms with van der Waals surface area (Å²) in [5.74, 6) is 0.116. The fourth-order valence-corrected chi connectivity index (χ4v) is 3.29. The highest BCUT2D eigenvalue weighted by Crippen LogP contribution is 2.16. The fourth-order valence-electron chi connectivity index (χ4n) is 2.33. The van der Waals surface area contributed by atoms with E-state index < -0.39 is 15.1 Å². The van der Waals surface area contributed by atoms with Crippen LogP contribution in [0.15, 0.2) is 36.3 Å². The van der Waals surface area contributed by atoms with Gasteiger partial charge in [0.15, 0.2) is 15.6 Å². The Hall–Kier alpha value is -2.28. The van der Waals surface area contributed by atoms with E-state index in [1.807, 2.05) is 25.1 Å². The number of Topliss-reactive ketones (excluding diaryl/α,β-unsaturated/α-hetero) is 1. The molecular formula is C18H23N3O3S. The molecule has 0 saturated heterocycles. The fraction of sp³-hybridized carbons (Fsp3) is 0.389. The number of pyridine rings is 1. The van der Waals surface area contributed by atoms with Crippen LogP contribution >= 0.6 is 0 Å². The predicted octanol–water partition coefficient (Wildman–Crippen LogP) is 2.81. The van der Waals surface area contributed by atoms with Gasteiger partial charge in [-0.2, -0.15) is 0 Å². The molecule has 0 spiro atoms. The van der Waals surface area contributed by atoms with Crippen molar-refractivity contribution in [3.8, 4) is 0 Å². The second-order valence-corrected chi connectivity index (χ2v) is 8.91. The number of hydrogen-bond donors (Lipinski definition) is 0. The van der Waals surface area contributed by atoms with E-state index >= 15 is 0 Å². The zero-order chi connectivity index (χ0) is 18.6. The summed E-state index contributed by atoms with van der Waals surface area (Å²) in [4.78, 5) is 20.7. The molecule has 0 bridgehead atoms. The number of ketones is 1. The third kappa shape index (κ3) is 4.85. The monoisotopic (exact) mass is 361 g/mol. The SMILES string of the molecule is C/C(=C\c1cccnc1)CC(=O)c1cnc(CS(=O)(=O)C(C)C)n1C. The molecule has 0 aromatic carbocycles. The minimum absolute atomic E-state index is 0.0964. The quantitative estimate of drug-likeness (QED) is 0.708. The lowest BCUT2D eigenvalue weighted by atomic mass is 10.1. The Labute approximate surface area is 148 Å². The number of aromatic nitrogens is 3.